The molecular weight excluding hydrogens is 162 g/mol. The highest BCUT2D eigenvalue weighted by Gasteiger charge is 2.35. The van der Waals surface area contributed by atoms with Gasteiger partial charge in [0, 0.05) is 32.0 Å². The van der Waals surface area contributed by atoms with Crippen LogP contribution in [0.4, 0.5) is 0 Å². The van der Waals surface area contributed by atoms with E-state index in [2.05, 4.69) is 11.8 Å². The molecule has 0 aliphatic carbocycles. The molecule has 0 aromatic carbocycles. The lowest BCUT2D eigenvalue weighted by atomic mass is 9.96. The maximum Gasteiger partial charge on any atom is 0.135 e. The Hall–Kier alpha value is -0.370. The van der Waals surface area contributed by atoms with E-state index >= 15 is 0 Å². The van der Waals surface area contributed by atoms with Crippen LogP contribution in [0.25, 0.3) is 0 Å². The van der Waals surface area contributed by atoms with Crippen molar-refractivity contribution in [3.8, 4) is 0 Å². The molecule has 0 spiro atoms. The summed E-state index contributed by atoms with van der Waals surface area (Å²) >= 11 is 0. The van der Waals surface area contributed by atoms with Gasteiger partial charge in [-0.3, -0.25) is 9.69 Å². The monoisotopic (exact) mass is 181 g/mol. The summed E-state index contributed by atoms with van der Waals surface area (Å²) < 4.78 is 0. The van der Waals surface area contributed by atoms with E-state index in [1.54, 1.807) is 0 Å². The molecule has 0 aromatic heterocycles. The first-order chi connectivity index (χ1) is 6.29. The molecule has 2 nitrogen and oxygen atoms in total. The lowest BCUT2D eigenvalue weighted by molar-refractivity contribution is -0.122. The number of rotatable bonds is 2. The Morgan fingerprint density at radius 3 is 3.15 bits per heavy atom. The van der Waals surface area contributed by atoms with Gasteiger partial charge in [0.05, 0.1) is 0 Å². The summed E-state index contributed by atoms with van der Waals surface area (Å²) in [6, 6.07) is 0.609. The lowest BCUT2D eigenvalue weighted by Crippen LogP contribution is -2.38. The van der Waals surface area contributed by atoms with Gasteiger partial charge in [0.2, 0.25) is 0 Å². The first-order valence-corrected chi connectivity index (χ1v) is 5.55. The first kappa shape index (κ1) is 9.20. The Kier molecular flexibility index (Phi) is 2.68. The number of piperidine rings is 1. The molecule has 2 aliphatic heterocycles. The Labute approximate surface area is 80.3 Å². The molecule has 0 aromatic rings. The summed E-state index contributed by atoms with van der Waals surface area (Å²) in [7, 11) is 0. The zero-order valence-electron chi connectivity index (χ0n) is 8.46. The average Bonchev–Trinajstić information content (AvgIpc) is 2.46. The Morgan fingerprint density at radius 1 is 1.54 bits per heavy atom. The molecule has 2 unspecified atom stereocenters. The SMILES string of the molecule is CCCC1CC2CC(=O)CCN2C1. The highest BCUT2D eigenvalue weighted by molar-refractivity contribution is 5.80. The third-order valence-electron chi connectivity index (χ3n) is 3.45. The van der Waals surface area contributed by atoms with Crippen LogP contribution in [0.5, 0.6) is 0 Å². The fraction of sp³-hybridized carbons (Fsp3) is 0.909. The van der Waals surface area contributed by atoms with E-state index in [9.17, 15) is 4.79 Å². The summed E-state index contributed by atoms with van der Waals surface area (Å²) in [5.41, 5.74) is 0. The minimum atomic E-state index is 0.485. The minimum absolute atomic E-state index is 0.485. The Morgan fingerprint density at radius 2 is 2.38 bits per heavy atom. The minimum Gasteiger partial charge on any atom is -0.300 e. The number of hydrogen-bond acceptors (Lipinski definition) is 2. The smallest absolute Gasteiger partial charge is 0.135 e. The second-order valence-electron chi connectivity index (χ2n) is 4.53. The van der Waals surface area contributed by atoms with E-state index in [4.69, 9.17) is 0 Å². The molecule has 0 saturated carbocycles. The number of nitrogens with zero attached hydrogens (tertiary/aromatic N) is 1. The van der Waals surface area contributed by atoms with Gasteiger partial charge in [-0.1, -0.05) is 13.3 Å². The molecule has 0 bridgehead atoms. The van der Waals surface area contributed by atoms with Crippen LogP contribution in [0.1, 0.15) is 39.0 Å². The third kappa shape index (κ3) is 1.93. The normalized spacial score (nSPS) is 35.0. The maximum absolute atomic E-state index is 11.2. The molecule has 2 aliphatic rings. The molecular formula is C11H19NO. The van der Waals surface area contributed by atoms with Crippen molar-refractivity contribution < 1.29 is 4.79 Å². The van der Waals surface area contributed by atoms with Crippen molar-refractivity contribution in [1.29, 1.82) is 0 Å². The molecule has 0 amide bonds. The highest BCUT2D eigenvalue weighted by Crippen LogP contribution is 2.31. The van der Waals surface area contributed by atoms with Crippen molar-refractivity contribution in [3.05, 3.63) is 0 Å². The van der Waals surface area contributed by atoms with Crippen LogP contribution in [-0.2, 0) is 4.79 Å². The van der Waals surface area contributed by atoms with E-state index in [1.165, 1.54) is 25.8 Å². The Bertz CT molecular complexity index is 202. The first-order valence-electron chi connectivity index (χ1n) is 5.55. The van der Waals surface area contributed by atoms with Crippen molar-refractivity contribution in [2.75, 3.05) is 13.1 Å². The fourth-order valence-electron chi connectivity index (χ4n) is 2.83. The molecule has 2 heterocycles. The molecule has 2 saturated heterocycles. The quantitative estimate of drug-likeness (QED) is 0.648. The van der Waals surface area contributed by atoms with Gasteiger partial charge in [0.15, 0.2) is 0 Å². The van der Waals surface area contributed by atoms with Crippen molar-refractivity contribution in [2.24, 2.45) is 5.92 Å². The number of ketones is 1. The average molecular weight is 181 g/mol. The highest BCUT2D eigenvalue weighted by atomic mass is 16.1. The van der Waals surface area contributed by atoms with Crippen molar-refractivity contribution in [2.45, 2.75) is 45.1 Å². The van der Waals surface area contributed by atoms with E-state index in [-0.39, 0.29) is 0 Å². The molecule has 2 fully saturated rings. The summed E-state index contributed by atoms with van der Waals surface area (Å²) in [5, 5.41) is 0. The summed E-state index contributed by atoms with van der Waals surface area (Å²) in [6.07, 6.45) is 5.55. The summed E-state index contributed by atoms with van der Waals surface area (Å²) in [5.74, 6) is 1.36. The van der Waals surface area contributed by atoms with Crippen molar-refractivity contribution >= 4 is 5.78 Å². The predicted octanol–water partition coefficient (Wildman–Crippen LogP) is 1.84. The molecule has 2 atom stereocenters. The molecule has 0 N–H and O–H groups in total. The largest absolute Gasteiger partial charge is 0.300 e. The molecule has 13 heavy (non-hydrogen) atoms. The number of hydrogen-bond donors (Lipinski definition) is 0. The number of carbonyl (C=O) groups excluding carboxylic acids is 1. The van der Waals surface area contributed by atoms with Crippen LogP contribution in [0.3, 0.4) is 0 Å². The van der Waals surface area contributed by atoms with Gasteiger partial charge in [-0.2, -0.15) is 0 Å². The third-order valence-corrected chi connectivity index (χ3v) is 3.45. The van der Waals surface area contributed by atoms with Gasteiger partial charge in [-0.05, 0) is 18.8 Å². The van der Waals surface area contributed by atoms with Gasteiger partial charge in [-0.15, -0.1) is 0 Å². The van der Waals surface area contributed by atoms with Gasteiger partial charge in [0.1, 0.15) is 5.78 Å². The molecule has 0 radical (unpaired) electrons. The topological polar surface area (TPSA) is 20.3 Å². The zero-order valence-corrected chi connectivity index (χ0v) is 8.46. The summed E-state index contributed by atoms with van der Waals surface area (Å²) in [4.78, 5) is 13.8. The van der Waals surface area contributed by atoms with Crippen LogP contribution in [0.2, 0.25) is 0 Å². The van der Waals surface area contributed by atoms with Crippen LogP contribution >= 0.6 is 0 Å². The second kappa shape index (κ2) is 3.79. The van der Waals surface area contributed by atoms with Crippen LogP contribution in [-0.4, -0.2) is 29.8 Å². The fourth-order valence-corrected chi connectivity index (χ4v) is 2.83. The van der Waals surface area contributed by atoms with Gasteiger partial charge < -0.3 is 0 Å². The van der Waals surface area contributed by atoms with Crippen LogP contribution in [0, 0.1) is 5.92 Å². The second-order valence-corrected chi connectivity index (χ2v) is 4.53. The Balaban J connectivity index is 1.90. The van der Waals surface area contributed by atoms with Gasteiger partial charge >= 0.3 is 0 Å². The van der Waals surface area contributed by atoms with E-state index in [0.717, 1.165) is 25.3 Å². The molecule has 2 rings (SSSR count). The number of carbonyl (C=O) groups is 1. The van der Waals surface area contributed by atoms with Gasteiger partial charge in [0.25, 0.3) is 0 Å². The standard InChI is InChI=1S/C11H19NO/c1-2-3-9-6-10-7-11(13)4-5-12(10)8-9/h9-10H,2-8H2,1H3. The van der Waals surface area contributed by atoms with E-state index < -0.39 is 0 Å². The molecule has 2 heteroatoms. The van der Waals surface area contributed by atoms with Crippen LogP contribution in [0.15, 0.2) is 0 Å². The molecule has 74 valence electrons. The maximum atomic E-state index is 11.2. The number of fused-ring (bicyclic) bond motifs is 1. The number of Topliss-reactive ketones (excluding diaryl/α,β-unsaturated/α-hetero) is 1. The zero-order chi connectivity index (χ0) is 9.26. The van der Waals surface area contributed by atoms with Crippen LogP contribution < -0.4 is 0 Å². The van der Waals surface area contributed by atoms with E-state index in [0.29, 0.717) is 11.8 Å². The predicted molar refractivity (Wildman–Crippen MR) is 52.6 cm³/mol. The van der Waals surface area contributed by atoms with Crippen molar-refractivity contribution in [1.82, 2.24) is 4.90 Å². The lowest BCUT2D eigenvalue weighted by Gasteiger charge is -2.27. The summed E-state index contributed by atoms with van der Waals surface area (Å²) in [6.45, 7) is 4.54. The van der Waals surface area contributed by atoms with Gasteiger partial charge in [-0.25, -0.2) is 0 Å². The van der Waals surface area contributed by atoms with E-state index in [1.807, 2.05) is 0 Å². The van der Waals surface area contributed by atoms with Crippen molar-refractivity contribution in [3.63, 3.8) is 0 Å².